The summed E-state index contributed by atoms with van der Waals surface area (Å²) in [5.74, 6) is -0.898. The summed E-state index contributed by atoms with van der Waals surface area (Å²) in [7, 11) is 0. The SMILES string of the molecule is CCN(CCC(=O)c1ccc(F)cn1)c1ccc(F)cc1. The molecule has 0 N–H and O–H groups in total. The van der Waals surface area contributed by atoms with E-state index in [0.29, 0.717) is 13.1 Å². The van der Waals surface area contributed by atoms with Gasteiger partial charge in [-0.15, -0.1) is 0 Å². The molecule has 5 heteroatoms. The van der Waals surface area contributed by atoms with Crippen molar-refractivity contribution in [1.29, 1.82) is 0 Å². The number of carbonyl (C=O) groups excluding carboxylic acids is 1. The highest BCUT2D eigenvalue weighted by Crippen LogP contribution is 2.15. The van der Waals surface area contributed by atoms with E-state index in [4.69, 9.17) is 0 Å². The summed E-state index contributed by atoms with van der Waals surface area (Å²) < 4.78 is 25.7. The van der Waals surface area contributed by atoms with Crippen LogP contribution in [0.1, 0.15) is 23.8 Å². The Morgan fingerprint density at radius 3 is 2.33 bits per heavy atom. The third kappa shape index (κ3) is 4.08. The number of pyridine rings is 1. The molecule has 1 aromatic heterocycles. The summed E-state index contributed by atoms with van der Waals surface area (Å²) in [5.41, 5.74) is 1.12. The lowest BCUT2D eigenvalue weighted by Crippen LogP contribution is -2.26. The molecule has 0 unspecified atom stereocenters. The maximum absolute atomic E-state index is 12.9. The van der Waals surface area contributed by atoms with Crippen LogP contribution in [0.15, 0.2) is 42.6 Å². The van der Waals surface area contributed by atoms with Gasteiger partial charge in [-0.25, -0.2) is 8.78 Å². The smallest absolute Gasteiger partial charge is 0.182 e. The van der Waals surface area contributed by atoms with E-state index in [-0.39, 0.29) is 23.7 Å². The number of rotatable bonds is 6. The lowest BCUT2D eigenvalue weighted by atomic mass is 10.1. The number of nitrogens with zero attached hydrogens (tertiary/aromatic N) is 2. The number of ketones is 1. The Bertz CT molecular complexity index is 597. The molecule has 0 radical (unpaired) electrons. The predicted molar refractivity (Wildman–Crippen MR) is 77.4 cm³/mol. The van der Waals surface area contributed by atoms with E-state index in [1.54, 1.807) is 12.1 Å². The first kappa shape index (κ1) is 15.1. The van der Waals surface area contributed by atoms with Crippen LogP contribution in [0.4, 0.5) is 14.5 Å². The average Bonchev–Trinajstić information content (AvgIpc) is 2.50. The highest BCUT2D eigenvalue weighted by atomic mass is 19.1. The van der Waals surface area contributed by atoms with Gasteiger partial charge in [0.1, 0.15) is 17.3 Å². The molecule has 0 fully saturated rings. The Balaban J connectivity index is 1.98. The van der Waals surface area contributed by atoms with Crippen molar-refractivity contribution >= 4 is 11.5 Å². The third-order valence-corrected chi connectivity index (χ3v) is 3.20. The van der Waals surface area contributed by atoms with Crippen molar-refractivity contribution in [2.24, 2.45) is 0 Å². The first-order chi connectivity index (χ1) is 10.1. The van der Waals surface area contributed by atoms with Crippen molar-refractivity contribution in [2.45, 2.75) is 13.3 Å². The van der Waals surface area contributed by atoms with Crippen LogP contribution in [0.25, 0.3) is 0 Å². The van der Waals surface area contributed by atoms with Crippen LogP contribution in [0, 0.1) is 11.6 Å². The minimum atomic E-state index is -0.465. The van der Waals surface area contributed by atoms with Gasteiger partial charge in [-0.3, -0.25) is 9.78 Å². The van der Waals surface area contributed by atoms with E-state index in [1.807, 2.05) is 11.8 Å². The normalized spacial score (nSPS) is 10.4. The lowest BCUT2D eigenvalue weighted by molar-refractivity contribution is 0.0980. The van der Waals surface area contributed by atoms with Gasteiger partial charge in [-0.2, -0.15) is 0 Å². The Hall–Kier alpha value is -2.30. The van der Waals surface area contributed by atoms with Crippen molar-refractivity contribution in [3.8, 4) is 0 Å². The molecule has 110 valence electrons. The summed E-state index contributed by atoms with van der Waals surface area (Å²) >= 11 is 0. The summed E-state index contributed by atoms with van der Waals surface area (Å²) in [6.45, 7) is 3.17. The topological polar surface area (TPSA) is 33.2 Å². The summed E-state index contributed by atoms with van der Waals surface area (Å²) in [6, 6.07) is 8.74. The molecule has 0 aliphatic carbocycles. The van der Waals surface area contributed by atoms with E-state index in [0.717, 1.165) is 11.9 Å². The maximum Gasteiger partial charge on any atom is 0.182 e. The second kappa shape index (κ2) is 6.92. The molecule has 0 atom stereocenters. The van der Waals surface area contributed by atoms with Crippen LogP contribution in [0.2, 0.25) is 0 Å². The Kier molecular flexibility index (Phi) is 4.98. The monoisotopic (exact) mass is 290 g/mol. The Morgan fingerprint density at radius 1 is 1.10 bits per heavy atom. The molecule has 0 spiro atoms. The highest BCUT2D eigenvalue weighted by molar-refractivity contribution is 5.94. The number of Topliss-reactive ketones (excluding diaryl/α,β-unsaturated/α-hetero) is 1. The summed E-state index contributed by atoms with van der Waals surface area (Å²) in [5, 5.41) is 0. The zero-order valence-electron chi connectivity index (χ0n) is 11.7. The first-order valence-corrected chi connectivity index (χ1v) is 6.75. The van der Waals surface area contributed by atoms with Crippen LogP contribution in [-0.2, 0) is 0 Å². The number of hydrogen-bond donors (Lipinski definition) is 0. The first-order valence-electron chi connectivity index (χ1n) is 6.75. The van der Waals surface area contributed by atoms with Gasteiger partial charge >= 0.3 is 0 Å². The summed E-state index contributed by atoms with van der Waals surface area (Å²) in [6.07, 6.45) is 1.30. The van der Waals surface area contributed by atoms with Crippen molar-refractivity contribution in [1.82, 2.24) is 4.98 Å². The number of halogens is 2. The second-order valence-corrected chi connectivity index (χ2v) is 4.59. The molecule has 0 bridgehead atoms. The van der Waals surface area contributed by atoms with Crippen LogP contribution in [0.5, 0.6) is 0 Å². The molecule has 0 aliphatic rings. The lowest BCUT2D eigenvalue weighted by Gasteiger charge is -2.22. The molecular formula is C16H16F2N2O. The average molecular weight is 290 g/mol. The van der Waals surface area contributed by atoms with Crippen LogP contribution >= 0.6 is 0 Å². The van der Waals surface area contributed by atoms with Crippen molar-refractivity contribution < 1.29 is 13.6 Å². The van der Waals surface area contributed by atoms with Gasteiger partial charge in [-0.1, -0.05) is 0 Å². The van der Waals surface area contributed by atoms with Gasteiger partial charge in [0.15, 0.2) is 5.78 Å². The minimum absolute atomic E-state index is 0.143. The molecule has 1 aromatic carbocycles. The van der Waals surface area contributed by atoms with Gasteiger partial charge in [0.05, 0.1) is 6.20 Å². The van der Waals surface area contributed by atoms with E-state index in [9.17, 15) is 13.6 Å². The van der Waals surface area contributed by atoms with Crippen LogP contribution < -0.4 is 4.90 Å². The molecule has 1 heterocycles. The standard InChI is InChI=1S/C16H16F2N2O/c1-2-20(14-6-3-12(17)4-7-14)10-9-16(21)15-8-5-13(18)11-19-15/h3-8,11H,2,9-10H2,1H3. The van der Waals surface area contributed by atoms with E-state index >= 15 is 0 Å². The van der Waals surface area contributed by atoms with Crippen molar-refractivity contribution in [3.63, 3.8) is 0 Å². The van der Waals surface area contributed by atoms with E-state index in [2.05, 4.69) is 4.98 Å². The molecule has 3 nitrogen and oxygen atoms in total. The third-order valence-electron chi connectivity index (χ3n) is 3.20. The van der Waals surface area contributed by atoms with Gasteiger partial charge in [0.25, 0.3) is 0 Å². The molecular weight excluding hydrogens is 274 g/mol. The number of anilines is 1. The highest BCUT2D eigenvalue weighted by Gasteiger charge is 2.11. The fraction of sp³-hybridized carbons (Fsp3) is 0.250. The van der Waals surface area contributed by atoms with Crippen molar-refractivity contribution in [2.75, 3.05) is 18.0 Å². The molecule has 0 saturated carbocycles. The molecule has 0 amide bonds. The van der Waals surface area contributed by atoms with Gasteiger partial charge < -0.3 is 4.90 Å². The van der Waals surface area contributed by atoms with Gasteiger partial charge in [0.2, 0.25) is 0 Å². The maximum atomic E-state index is 12.9. The van der Waals surface area contributed by atoms with Crippen LogP contribution in [-0.4, -0.2) is 23.9 Å². The Labute approximate surface area is 122 Å². The van der Waals surface area contributed by atoms with Gasteiger partial charge in [0, 0.05) is 25.2 Å². The zero-order valence-corrected chi connectivity index (χ0v) is 11.7. The molecule has 21 heavy (non-hydrogen) atoms. The fourth-order valence-electron chi connectivity index (χ4n) is 2.03. The number of aromatic nitrogens is 1. The fourth-order valence-corrected chi connectivity index (χ4v) is 2.03. The van der Waals surface area contributed by atoms with Gasteiger partial charge in [-0.05, 0) is 43.3 Å². The molecule has 2 rings (SSSR count). The van der Waals surface area contributed by atoms with Crippen molar-refractivity contribution in [3.05, 3.63) is 59.9 Å². The molecule has 0 aliphatic heterocycles. The number of benzene rings is 1. The quantitative estimate of drug-likeness (QED) is 0.764. The largest absolute Gasteiger partial charge is 0.371 e. The molecule has 2 aromatic rings. The molecule has 0 saturated heterocycles. The van der Waals surface area contributed by atoms with E-state index < -0.39 is 5.82 Å². The zero-order chi connectivity index (χ0) is 15.2. The Morgan fingerprint density at radius 2 is 1.76 bits per heavy atom. The summed E-state index contributed by atoms with van der Waals surface area (Å²) in [4.78, 5) is 17.7. The predicted octanol–water partition coefficient (Wildman–Crippen LogP) is 3.46. The minimum Gasteiger partial charge on any atom is -0.371 e. The van der Waals surface area contributed by atoms with E-state index in [1.165, 1.54) is 24.3 Å². The number of hydrogen-bond acceptors (Lipinski definition) is 3. The van der Waals surface area contributed by atoms with Crippen LogP contribution in [0.3, 0.4) is 0 Å². The number of carbonyl (C=O) groups is 1. The second-order valence-electron chi connectivity index (χ2n) is 4.59.